The van der Waals surface area contributed by atoms with Crippen LogP contribution in [0.2, 0.25) is 0 Å². The van der Waals surface area contributed by atoms with Crippen LogP contribution in [0.1, 0.15) is 17.3 Å². The Morgan fingerprint density at radius 3 is 2.62 bits per heavy atom. The Balaban J connectivity index is 3.28. The van der Waals surface area contributed by atoms with E-state index in [2.05, 4.69) is 15.9 Å². The van der Waals surface area contributed by atoms with Crippen LogP contribution in [-0.2, 0) is 0 Å². The first-order chi connectivity index (χ1) is 6.06. The van der Waals surface area contributed by atoms with Crippen molar-refractivity contribution in [1.29, 1.82) is 0 Å². The molecular weight excluding hydrogens is 241 g/mol. The lowest BCUT2D eigenvalue weighted by Gasteiger charge is -2.05. The van der Waals surface area contributed by atoms with Crippen LogP contribution in [0.15, 0.2) is 16.6 Å². The molecule has 1 aromatic carbocycles. The van der Waals surface area contributed by atoms with Gasteiger partial charge in [0.25, 0.3) is 0 Å². The number of ether oxygens (including phenoxy) is 1. The van der Waals surface area contributed by atoms with E-state index >= 15 is 0 Å². The van der Waals surface area contributed by atoms with Gasteiger partial charge >= 0.3 is 0 Å². The van der Waals surface area contributed by atoms with Crippen LogP contribution in [-0.4, -0.2) is 12.9 Å². The van der Waals surface area contributed by atoms with Gasteiger partial charge < -0.3 is 4.74 Å². The van der Waals surface area contributed by atoms with Gasteiger partial charge in [0.2, 0.25) is 0 Å². The number of hydrogen-bond acceptors (Lipinski definition) is 2. The van der Waals surface area contributed by atoms with Crippen LogP contribution in [0.25, 0.3) is 0 Å². The fourth-order valence-electron chi connectivity index (χ4n) is 0.955. The third-order valence-electron chi connectivity index (χ3n) is 1.62. The van der Waals surface area contributed by atoms with Crippen molar-refractivity contribution in [1.82, 2.24) is 0 Å². The van der Waals surface area contributed by atoms with Crippen molar-refractivity contribution >= 4 is 21.7 Å². The topological polar surface area (TPSA) is 26.3 Å². The highest BCUT2D eigenvalue weighted by atomic mass is 79.9. The van der Waals surface area contributed by atoms with E-state index in [4.69, 9.17) is 4.74 Å². The predicted octanol–water partition coefficient (Wildman–Crippen LogP) is 2.80. The Hall–Kier alpha value is -0.900. The highest BCUT2D eigenvalue weighted by molar-refractivity contribution is 9.10. The average Bonchev–Trinajstić information content (AvgIpc) is 2.07. The first-order valence-corrected chi connectivity index (χ1v) is 4.39. The molecule has 0 aliphatic carbocycles. The Morgan fingerprint density at radius 2 is 2.15 bits per heavy atom. The molecule has 0 aromatic heterocycles. The molecule has 0 heterocycles. The minimum absolute atomic E-state index is 0.0627. The summed E-state index contributed by atoms with van der Waals surface area (Å²) in [5.41, 5.74) is 0.0627. The molecule has 0 N–H and O–H groups in total. The minimum Gasteiger partial charge on any atom is -0.495 e. The number of methoxy groups -OCH3 is 1. The molecule has 0 unspecified atom stereocenters. The summed E-state index contributed by atoms with van der Waals surface area (Å²) in [5.74, 6) is -0.490. The van der Waals surface area contributed by atoms with Crippen molar-refractivity contribution in [3.8, 4) is 5.75 Å². The third kappa shape index (κ3) is 2.06. The molecule has 0 saturated carbocycles. The Kier molecular flexibility index (Phi) is 3.03. The van der Waals surface area contributed by atoms with Crippen molar-refractivity contribution in [2.75, 3.05) is 7.11 Å². The summed E-state index contributed by atoms with van der Waals surface area (Å²) in [7, 11) is 1.44. The van der Waals surface area contributed by atoms with E-state index in [1.165, 1.54) is 26.2 Å². The number of carbonyl (C=O) groups excluding carboxylic acids is 1. The van der Waals surface area contributed by atoms with E-state index in [-0.39, 0.29) is 11.3 Å². The summed E-state index contributed by atoms with van der Waals surface area (Å²) in [6.07, 6.45) is 0. The largest absolute Gasteiger partial charge is 0.495 e. The van der Waals surface area contributed by atoms with E-state index in [1.54, 1.807) is 0 Å². The molecule has 1 rings (SSSR count). The summed E-state index contributed by atoms with van der Waals surface area (Å²) >= 11 is 3.17. The van der Waals surface area contributed by atoms with Crippen LogP contribution in [0.3, 0.4) is 0 Å². The molecular formula is C9H8BrFO2. The van der Waals surface area contributed by atoms with E-state index in [9.17, 15) is 9.18 Å². The molecule has 0 fully saturated rings. The molecule has 0 spiro atoms. The summed E-state index contributed by atoms with van der Waals surface area (Å²) in [5, 5.41) is 0. The van der Waals surface area contributed by atoms with Gasteiger partial charge in [-0.15, -0.1) is 0 Å². The maximum atomic E-state index is 13.1. The lowest BCUT2D eigenvalue weighted by molar-refractivity contribution is 0.101. The second kappa shape index (κ2) is 3.87. The number of halogens is 2. The van der Waals surface area contributed by atoms with Crippen LogP contribution in [0.4, 0.5) is 4.39 Å². The lowest BCUT2D eigenvalue weighted by Crippen LogP contribution is -1.98. The number of ketones is 1. The molecule has 1 aromatic rings. The van der Waals surface area contributed by atoms with Crippen molar-refractivity contribution in [2.45, 2.75) is 6.92 Å². The van der Waals surface area contributed by atoms with Crippen LogP contribution in [0, 0.1) is 5.82 Å². The maximum absolute atomic E-state index is 13.1. The summed E-state index contributed by atoms with van der Waals surface area (Å²) in [6, 6.07) is 2.59. The zero-order valence-corrected chi connectivity index (χ0v) is 8.81. The van der Waals surface area contributed by atoms with Gasteiger partial charge in [-0.1, -0.05) is 0 Å². The van der Waals surface area contributed by atoms with E-state index < -0.39 is 5.82 Å². The molecule has 4 heteroatoms. The third-order valence-corrected chi connectivity index (χ3v) is 2.24. The molecule has 2 nitrogen and oxygen atoms in total. The lowest BCUT2D eigenvalue weighted by atomic mass is 10.2. The van der Waals surface area contributed by atoms with E-state index in [0.29, 0.717) is 10.2 Å². The highest BCUT2D eigenvalue weighted by Gasteiger charge is 2.11. The van der Waals surface area contributed by atoms with Gasteiger partial charge in [-0.2, -0.15) is 0 Å². The maximum Gasteiger partial charge on any atom is 0.162 e. The summed E-state index contributed by atoms with van der Waals surface area (Å²) in [6.45, 7) is 1.32. The quantitative estimate of drug-likeness (QED) is 0.595. The number of Topliss-reactive ketones (excluding diaryl/α,β-unsaturated/α-hetero) is 1. The number of carbonyl (C=O) groups is 1. The molecule has 13 heavy (non-hydrogen) atoms. The van der Waals surface area contributed by atoms with Crippen LogP contribution >= 0.6 is 15.9 Å². The first-order valence-electron chi connectivity index (χ1n) is 3.60. The second-order valence-corrected chi connectivity index (χ2v) is 3.38. The summed E-state index contributed by atoms with van der Waals surface area (Å²) < 4.78 is 18.6. The Bertz CT molecular complexity index is 350. The van der Waals surface area contributed by atoms with Gasteiger partial charge in [0.1, 0.15) is 11.6 Å². The van der Waals surface area contributed by atoms with Gasteiger partial charge in [0, 0.05) is 6.07 Å². The van der Waals surface area contributed by atoms with Gasteiger partial charge in [-0.3, -0.25) is 4.79 Å². The van der Waals surface area contributed by atoms with Crippen molar-refractivity contribution in [2.24, 2.45) is 0 Å². The fourth-order valence-corrected chi connectivity index (χ4v) is 1.46. The number of benzene rings is 1. The van der Waals surface area contributed by atoms with Gasteiger partial charge in [0.15, 0.2) is 5.78 Å². The average molecular weight is 249 g/mol. The van der Waals surface area contributed by atoms with Crippen LogP contribution in [0.5, 0.6) is 5.75 Å². The van der Waals surface area contributed by atoms with Crippen molar-refractivity contribution in [3.05, 3.63) is 28.0 Å². The number of rotatable bonds is 2. The fraction of sp³-hybridized carbons (Fsp3) is 0.222. The molecule has 0 saturated heterocycles. The molecule has 0 radical (unpaired) electrons. The Labute approximate surface area is 83.8 Å². The monoisotopic (exact) mass is 248 g/mol. The molecule has 0 aliphatic rings. The van der Waals surface area contributed by atoms with Gasteiger partial charge in [0.05, 0.1) is 17.1 Å². The highest BCUT2D eigenvalue weighted by Crippen LogP contribution is 2.27. The van der Waals surface area contributed by atoms with Crippen LogP contribution < -0.4 is 4.74 Å². The van der Waals surface area contributed by atoms with Crippen molar-refractivity contribution < 1.29 is 13.9 Å². The molecule has 0 aliphatic heterocycles. The van der Waals surface area contributed by atoms with Crippen molar-refractivity contribution in [3.63, 3.8) is 0 Å². The standard InChI is InChI=1S/C9H8BrFO2/c1-5(12)6-3-7(10)9(13-2)4-8(6)11/h3-4H,1-2H3/i1+1,5+1. The zero-order chi connectivity index (χ0) is 10.0. The predicted molar refractivity (Wildman–Crippen MR) is 50.7 cm³/mol. The van der Waals surface area contributed by atoms with E-state index in [1.807, 2.05) is 0 Å². The Morgan fingerprint density at radius 1 is 1.54 bits per heavy atom. The minimum atomic E-state index is -0.562. The van der Waals surface area contributed by atoms with Gasteiger partial charge in [-0.25, -0.2) is 4.39 Å². The second-order valence-electron chi connectivity index (χ2n) is 2.52. The smallest absolute Gasteiger partial charge is 0.162 e. The van der Waals surface area contributed by atoms with Gasteiger partial charge in [-0.05, 0) is 28.9 Å². The molecule has 0 atom stereocenters. The molecule has 0 amide bonds. The zero-order valence-electron chi connectivity index (χ0n) is 7.23. The molecule has 70 valence electrons. The normalized spacial score (nSPS) is 9.85. The number of hydrogen-bond donors (Lipinski definition) is 0. The molecule has 0 bridgehead atoms. The summed E-state index contributed by atoms with van der Waals surface area (Å²) in [4.78, 5) is 10.9. The first kappa shape index (κ1) is 10.2. The van der Waals surface area contributed by atoms with E-state index in [0.717, 1.165) is 0 Å². The SMILES string of the molecule is COc1cc(F)c([13C]([13CH3])=O)cc1Br.